The number of hydrogen-bond acceptors (Lipinski definition) is 5. The molecule has 0 bridgehead atoms. The topological polar surface area (TPSA) is 105 Å². The third-order valence-corrected chi connectivity index (χ3v) is 4.32. The van der Waals surface area contributed by atoms with Crippen LogP contribution < -0.4 is 5.73 Å². The molecule has 0 unspecified atom stereocenters. The molecule has 3 aromatic rings. The maximum absolute atomic E-state index is 11.3. The number of aryl methyl sites for hydroxylation is 2. The minimum Gasteiger partial charge on any atom is -0.364 e. The van der Waals surface area contributed by atoms with Gasteiger partial charge in [0.15, 0.2) is 0 Å². The van der Waals surface area contributed by atoms with Crippen molar-refractivity contribution in [2.75, 3.05) is 0 Å². The maximum Gasteiger partial charge on any atom is 0.267 e. The minimum absolute atomic E-state index is 0.197. The quantitative estimate of drug-likeness (QED) is 0.775. The number of fused-ring (bicyclic) bond motifs is 1. The second-order valence-electron chi connectivity index (χ2n) is 5.92. The molecule has 4 rings (SSSR count). The highest BCUT2D eigenvalue weighted by atomic mass is 16.1. The van der Waals surface area contributed by atoms with Gasteiger partial charge >= 0.3 is 0 Å². The van der Waals surface area contributed by atoms with Crippen LogP contribution in [0.4, 0.5) is 0 Å². The molecule has 3 aromatic heterocycles. The van der Waals surface area contributed by atoms with Crippen LogP contribution in [0, 0.1) is 0 Å². The fourth-order valence-electron chi connectivity index (χ4n) is 3.20. The number of amides is 1. The highest BCUT2D eigenvalue weighted by Gasteiger charge is 2.22. The van der Waals surface area contributed by atoms with Gasteiger partial charge in [-0.3, -0.25) is 14.5 Å². The molecule has 24 heavy (non-hydrogen) atoms. The molecule has 1 amide bonds. The average Bonchev–Trinajstić information content (AvgIpc) is 3.18. The van der Waals surface area contributed by atoms with Crippen LogP contribution in [0.3, 0.4) is 0 Å². The third-order valence-electron chi connectivity index (χ3n) is 4.32. The highest BCUT2D eigenvalue weighted by Crippen LogP contribution is 2.30. The van der Waals surface area contributed by atoms with Crippen molar-refractivity contribution in [1.29, 1.82) is 0 Å². The number of carbonyl (C=O) groups is 1. The molecule has 1 aliphatic rings. The summed E-state index contributed by atoms with van der Waals surface area (Å²) in [4.78, 5) is 15.2. The van der Waals surface area contributed by atoms with Crippen LogP contribution >= 0.6 is 0 Å². The first-order valence-corrected chi connectivity index (χ1v) is 7.87. The molecule has 2 N–H and O–H groups in total. The highest BCUT2D eigenvalue weighted by molar-refractivity contribution is 5.91. The Morgan fingerprint density at radius 2 is 2.12 bits per heavy atom. The standard InChI is InChI=1S/C16H17N7O/c1-22-15(11-4-2-3-5-12(11)20-22)14-9-23(21-19-14)10-6-7-18-13(8-10)16(17)24/h6-9H,2-5H2,1H3,(H2,17,24). The fourth-order valence-corrected chi connectivity index (χ4v) is 3.20. The molecular formula is C16H17N7O. The van der Waals surface area contributed by atoms with Crippen molar-refractivity contribution < 1.29 is 4.79 Å². The Morgan fingerprint density at radius 1 is 1.29 bits per heavy atom. The first-order valence-electron chi connectivity index (χ1n) is 7.87. The molecule has 0 fully saturated rings. The summed E-state index contributed by atoms with van der Waals surface area (Å²) in [6.45, 7) is 0. The normalized spacial score (nSPS) is 13.7. The lowest BCUT2D eigenvalue weighted by Gasteiger charge is -2.09. The van der Waals surface area contributed by atoms with Gasteiger partial charge in [-0.15, -0.1) is 5.10 Å². The minimum atomic E-state index is -0.571. The van der Waals surface area contributed by atoms with Crippen molar-refractivity contribution in [2.24, 2.45) is 12.8 Å². The number of nitrogens with two attached hydrogens (primary N) is 1. The van der Waals surface area contributed by atoms with Crippen molar-refractivity contribution in [3.05, 3.63) is 41.5 Å². The molecule has 122 valence electrons. The van der Waals surface area contributed by atoms with Crippen LogP contribution in [0.15, 0.2) is 24.5 Å². The summed E-state index contributed by atoms with van der Waals surface area (Å²) in [7, 11) is 1.93. The summed E-state index contributed by atoms with van der Waals surface area (Å²) in [6, 6.07) is 3.35. The van der Waals surface area contributed by atoms with E-state index in [1.165, 1.54) is 24.6 Å². The van der Waals surface area contributed by atoms with E-state index in [0.29, 0.717) is 5.69 Å². The fraction of sp³-hybridized carbons (Fsp3) is 0.312. The molecule has 0 aromatic carbocycles. The Morgan fingerprint density at radius 3 is 2.96 bits per heavy atom. The Hall–Kier alpha value is -3.03. The largest absolute Gasteiger partial charge is 0.364 e. The van der Waals surface area contributed by atoms with Gasteiger partial charge < -0.3 is 5.73 Å². The van der Waals surface area contributed by atoms with Crippen LogP contribution in [0.25, 0.3) is 17.1 Å². The van der Waals surface area contributed by atoms with Crippen molar-refractivity contribution in [2.45, 2.75) is 25.7 Å². The van der Waals surface area contributed by atoms with Gasteiger partial charge in [0.2, 0.25) is 0 Å². The predicted octanol–water partition coefficient (Wildman–Crippen LogP) is 1.04. The first kappa shape index (κ1) is 14.6. The van der Waals surface area contributed by atoms with Crippen LogP contribution in [0.1, 0.15) is 34.6 Å². The number of hydrogen-bond donors (Lipinski definition) is 1. The molecule has 1 aliphatic carbocycles. The zero-order chi connectivity index (χ0) is 16.7. The number of aromatic nitrogens is 6. The Balaban J connectivity index is 1.75. The van der Waals surface area contributed by atoms with Gasteiger partial charge in [0.05, 0.1) is 23.3 Å². The molecule has 0 radical (unpaired) electrons. The summed E-state index contributed by atoms with van der Waals surface area (Å²) >= 11 is 0. The van der Waals surface area contributed by atoms with E-state index in [1.807, 2.05) is 17.9 Å². The van der Waals surface area contributed by atoms with E-state index in [1.54, 1.807) is 16.8 Å². The molecule has 0 spiro atoms. The van der Waals surface area contributed by atoms with Crippen molar-refractivity contribution in [3.63, 3.8) is 0 Å². The predicted molar refractivity (Wildman–Crippen MR) is 86.5 cm³/mol. The molecule has 0 aliphatic heterocycles. The second-order valence-corrected chi connectivity index (χ2v) is 5.92. The van der Waals surface area contributed by atoms with Gasteiger partial charge in [-0.05, 0) is 37.8 Å². The molecule has 8 nitrogen and oxygen atoms in total. The molecule has 3 heterocycles. The summed E-state index contributed by atoms with van der Waals surface area (Å²) in [5.74, 6) is -0.571. The van der Waals surface area contributed by atoms with Crippen molar-refractivity contribution >= 4 is 5.91 Å². The number of nitrogens with zero attached hydrogens (tertiary/aromatic N) is 6. The van der Waals surface area contributed by atoms with Gasteiger partial charge in [-0.1, -0.05) is 5.21 Å². The van der Waals surface area contributed by atoms with E-state index in [9.17, 15) is 4.79 Å². The summed E-state index contributed by atoms with van der Waals surface area (Å²) in [5, 5.41) is 13.1. The lowest BCUT2D eigenvalue weighted by molar-refractivity contribution is 0.0995. The molecule has 0 atom stereocenters. The summed E-state index contributed by atoms with van der Waals surface area (Å²) in [5.41, 5.74) is 10.4. The van der Waals surface area contributed by atoms with Crippen LogP contribution in [0.5, 0.6) is 0 Å². The zero-order valence-corrected chi connectivity index (χ0v) is 13.3. The molecular weight excluding hydrogens is 306 g/mol. The SMILES string of the molecule is Cn1nc2c(c1-c1cn(-c3ccnc(C(N)=O)c3)nn1)CCCC2. The van der Waals surface area contributed by atoms with E-state index in [0.717, 1.165) is 29.9 Å². The van der Waals surface area contributed by atoms with Gasteiger partial charge in [-0.25, -0.2) is 4.68 Å². The van der Waals surface area contributed by atoms with E-state index >= 15 is 0 Å². The van der Waals surface area contributed by atoms with Crippen LogP contribution in [-0.4, -0.2) is 35.7 Å². The van der Waals surface area contributed by atoms with E-state index < -0.39 is 5.91 Å². The van der Waals surface area contributed by atoms with Gasteiger partial charge in [-0.2, -0.15) is 5.10 Å². The van der Waals surface area contributed by atoms with Crippen molar-refractivity contribution in [1.82, 2.24) is 29.8 Å². The maximum atomic E-state index is 11.3. The average molecular weight is 323 g/mol. The van der Waals surface area contributed by atoms with Gasteiger partial charge in [0.25, 0.3) is 5.91 Å². The lowest BCUT2D eigenvalue weighted by atomic mass is 9.95. The lowest BCUT2D eigenvalue weighted by Crippen LogP contribution is -2.13. The Bertz CT molecular complexity index is 924. The molecule has 0 saturated heterocycles. The molecule has 8 heteroatoms. The number of carbonyl (C=O) groups excluding carboxylic acids is 1. The smallest absolute Gasteiger partial charge is 0.267 e. The van der Waals surface area contributed by atoms with E-state index in [4.69, 9.17) is 5.73 Å². The second kappa shape index (κ2) is 5.55. The van der Waals surface area contributed by atoms with Crippen LogP contribution in [0.2, 0.25) is 0 Å². The Labute approximate surface area is 138 Å². The number of pyridine rings is 1. The number of rotatable bonds is 3. The molecule has 0 saturated carbocycles. The van der Waals surface area contributed by atoms with E-state index in [2.05, 4.69) is 20.4 Å². The van der Waals surface area contributed by atoms with Crippen LogP contribution in [-0.2, 0) is 19.9 Å². The third kappa shape index (κ3) is 2.36. The Kier molecular flexibility index (Phi) is 3.37. The number of primary amides is 1. The first-order chi connectivity index (χ1) is 11.6. The summed E-state index contributed by atoms with van der Waals surface area (Å²) in [6.07, 6.45) is 7.76. The monoisotopic (exact) mass is 323 g/mol. The van der Waals surface area contributed by atoms with Crippen molar-refractivity contribution in [3.8, 4) is 17.1 Å². The van der Waals surface area contributed by atoms with Gasteiger partial charge in [0.1, 0.15) is 11.4 Å². The zero-order valence-electron chi connectivity index (χ0n) is 13.3. The summed E-state index contributed by atoms with van der Waals surface area (Å²) < 4.78 is 3.50. The van der Waals surface area contributed by atoms with E-state index in [-0.39, 0.29) is 5.69 Å². The van der Waals surface area contributed by atoms with Gasteiger partial charge in [0, 0.05) is 18.8 Å².